The average molecular weight is 457 g/mol. The molecule has 2 fully saturated rings. The predicted octanol–water partition coefficient (Wildman–Crippen LogP) is 3.93. The number of hydrogen-bond acceptors (Lipinski definition) is 6. The predicted molar refractivity (Wildman–Crippen MR) is 123 cm³/mol. The summed E-state index contributed by atoms with van der Waals surface area (Å²) in [6, 6.07) is 0. The average Bonchev–Trinajstić information content (AvgIpc) is 3.22. The minimum atomic E-state index is -1.93. The van der Waals surface area contributed by atoms with Gasteiger partial charge in [0.2, 0.25) is 0 Å². The molecule has 2 saturated carbocycles. The number of allylic oxidation sites excluding steroid dienone is 2. The quantitative estimate of drug-likeness (QED) is 0.393. The number of carbonyl (C=O) groups excluding carboxylic acids is 3. The van der Waals surface area contributed by atoms with Crippen LogP contribution in [0.15, 0.2) is 34.9 Å². The van der Waals surface area contributed by atoms with E-state index >= 15 is 0 Å². The van der Waals surface area contributed by atoms with Gasteiger partial charge >= 0.3 is 11.9 Å². The highest BCUT2D eigenvalue weighted by Crippen LogP contribution is 2.71. The summed E-state index contributed by atoms with van der Waals surface area (Å²) in [4.78, 5) is 39.4. The van der Waals surface area contributed by atoms with Crippen LogP contribution in [0.5, 0.6) is 0 Å². The Bertz CT molecular complexity index is 1020. The van der Waals surface area contributed by atoms with Crippen LogP contribution in [-0.2, 0) is 23.9 Å². The number of rotatable bonds is 3. The van der Waals surface area contributed by atoms with Crippen molar-refractivity contribution in [3.8, 4) is 0 Å². The van der Waals surface area contributed by atoms with Gasteiger partial charge < -0.3 is 14.6 Å². The summed E-state index contributed by atoms with van der Waals surface area (Å²) in [5.41, 5.74) is -1.60. The summed E-state index contributed by atoms with van der Waals surface area (Å²) in [6.07, 6.45) is 3.91. The molecule has 180 valence electrons. The Morgan fingerprint density at radius 3 is 2.30 bits per heavy atom. The first-order valence-electron chi connectivity index (χ1n) is 11.9. The summed E-state index contributed by atoms with van der Waals surface area (Å²) in [5, 5.41) is 12.6. The van der Waals surface area contributed by atoms with Crippen LogP contribution in [0.3, 0.4) is 0 Å². The zero-order chi connectivity index (χ0) is 24.7. The van der Waals surface area contributed by atoms with Crippen molar-refractivity contribution in [3.63, 3.8) is 0 Å². The van der Waals surface area contributed by atoms with E-state index in [0.29, 0.717) is 22.6 Å². The van der Waals surface area contributed by atoms with Crippen LogP contribution < -0.4 is 0 Å². The highest BCUT2D eigenvalue weighted by Gasteiger charge is 2.77. The van der Waals surface area contributed by atoms with Crippen molar-refractivity contribution in [2.24, 2.45) is 34.5 Å². The normalized spacial score (nSPS) is 43.3. The number of fused-ring (bicyclic) bond motifs is 3. The lowest BCUT2D eigenvalue weighted by Crippen LogP contribution is -2.66. The zero-order valence-electron chi connectivity index (χ0n) is 20.9. The molecule has 1 spiro atoms. The third kappa shape index (κ3) is 2.99. The van der Waals surface area contributed by atoms with Crippen LogP contribution in [0.4, 0.5) is 0 Å². The standard InChI is InChI=1S/C27H36O6/c1-9-13(2)24(30)33-22-14(3)10-18-20-19(25(20,7)8)11-16(5)26(21(18)29)12-15(4)23(27(22,26)31)32-17(6)28/h9-10,12,16,18-20,22-23,31H,11H2,1-8H3/t16-,18-,19-,20+,22-,23+,26+,27+/m1/s1. The van der Waals surface area contributed by atoms with Crippen LogP contribution in [-0.4, -0.2) is 40.6 Å². The fourth-order valence-electron chi connectivity index (χ4n) is 7.22. The SMILES string of the molecule is CC=C(C)C(=O)O[C@@H]1C(C)=C[C@H]2C(=O)[C@]3(C=C(C)[C@H](OC(C)=O)[C@@]13O)[C@H](C)C[C@@H]1[C@H]2C1(C)C. The van der Waals surface area contributed by atoms with Crippen molar-refractivity contribution >= 4 is 17.7 Å². The maximum Gasteiger partial charge on any atom is 0.334 e. The van der Waals surface area contributed by atoms with Gasteiger partial charge in [-0.15, -0.1) is 0 Å². The Labute approximate surface area is 196 Å². The molecule has 2 bridgehead atoms. The second-order valence-electron chi connectivity index (χ2n) is 11.2. The number of ketones is 1. The number of hydrogen-bond donors (Lipinski definition) is 1. The van der Waals surface area contributed by atoms with Crippen molar-refractivity contribution in [2.75, 3.05) is 0 Å². The van der Waals surface area contributed by atoms with E-state index in [-0.39, 0.29) is 23.0 Å². The molecule has 8 atom stereocenters. The Morgan fingerprint density at radius 2 is 1.73 bits per heavy atom. The lowest BCUT2D eigenvalue weighted by atomic mass is 9.59. The molecule has 0 aromatic heterocycles. The second kappa shape index (κ2) is 7.39. The van der Waals surface area contributed by atoms with Crippen LogP contribution in [0.2, 0.25) is 0 Å². The number of carbonyl (C=O) groups is 3. The van der Waals surface area contributed by atoms with Gasteiger partial charge in [0.15, 0.2) is 23.6 Å². The monoisotopic (exact) mass is 456 g/mol. The van der Waals surface area contributed by atoms with Gasteiger partial charge in [-0.2, -0.15) is 0 Å². The molecule has 1 N–H and O–H groups in total. The lowest BCUT2D eigenvalue weighted by molar-refractivity contribution is -0.210. The molecule has 0 amide bonds. The van der Waals surface area contributed by atoms with Gasteiger partial charge in [0.25, 0.3) is 0 Å². The molecule has 0 radical (unpaired) electrons. The van der Waals surface area contributed by atoms with Crippen molar-refractivity contribution in [1.29, 1.82) is 0 Å². The number of esters is 2. The first-order valence-corrected chi connectivity index (χ1v) is 11.9. The highest BCUT2D eigenvalue weighted by molar-refractivity contribution is 5.96. The molecule has 0 saturated heterocycles. The minimum absolute atomic E-state index is 0.0236. The van der Waals surface area contributed by atoms with Crippen LogP contribution >= 0.6 is 0 Å². The van der Waals surface area contributed by atoms with E-state index in [2.05, 4.69) is 13.8 Å². The van der Waals surface area contributed by atoms with E-state index in [1.807, 2.05) is 19.1 Å². The van der Waals surface area contributed by atoms with Gasteiger partial charge in [0, 0.05) is 18.4 Å². The Kier molecular flexibility index (Phi) is 5.36. The summed E-state index contributed by atoms with van der Waals surface area (Å²) < 4.78 is 11.6. The summed E-state index contributed by atoms with van der Waals surface area (Å²) in [6.45, 7) is 14.6. The van der Waals surface area contributed by atoms with E-state index in [1.54, 1.807) is 33.8 Å². The Morgan fingerprint density at radius 1 is 1.12 bits per heavy atom. The third-order valence-electron chi connectivity index (χ3n) is 9.07. The number of ether oxygens (including phenoxy) is 2. The van der Waals surface area contributed by atoms with Crippen LogP contribution in [0.25, 0.3) is 0 Å². The number of Topliss-reactive ketones (excluding diaryl/α,β-unsaturated/α-hetero) is 1. The van der Waals surface area contributed by atoms with E-state index in [0.717, 1.165) is 6.42 Å². The molecular formula is C27H36O6. The topological polar surface area (TPSA) is 89.9 Å². The molecule has 6 heteroatoms. The maximum absolute atomic E-state index is 14.4. The number of aliphatic hydroxyl groups is 1. The van der Waals surface area contributed by atoms with Crippen LogP contribution in [0.1, 0.15) is 61.8 Å². The first kappa shape index (κ1) is 23.9. The molecular weight excluding hydrogens is 420 g/mol. The molecule has 6 nitrogen and oxygen atoms in total. The summed E-state index contributed by atoms with van der Waals surface area (Å²) in [5.74, 6) is -1.29. The third-order valence-corrected chi connectivity index (χ3v) is 9.07. The van der Waals surface area contributed by atoms with Crippen molar-refractivity contribution < 1.29 is 29.0 Å². The van der Waals surface area contributed by atoms with Gasteiger partial charge in [-0.3, -0.25) is 9.59 Å². The molecule has 0 aliphatic heterocycles. The fourth-order valence-corrected chi connectivity index (χ4v) is 7.22. The first-order chi connectivity index (χ1) is 15.2. The van der Waals surface area contributed by atoms with E-state index in [4.69, 9.17) is 9.47 Å². The Balaban J connectivity index is 1.97. The molecule has 4 aliphatic carbocycles. The molecule has 4 aliphatic rings. The molecule has 0 aromatic rings. The smallest absolute Gasteiger partial charge is 0.334 e. The van der Waals surface area contributed by atoms with Crippen molar-refractivity contribution in [1.82, 2.24) is 0 Å². The van der Waals surface area contributed by atoms with E-state index < -0.39 is 41.1 Å². The molecule has 0 aromatic carbocycles. The largest absolute Gasteiger partial charge is 0.455 e. The van der Waals surface area contributed by atoms with Gasteiger partial charge in [-0.1, -0.05) is 39.0 Å². The highest BCUT2D eigenvalue weighted by atomic mass is 16.6. The Hall–Kier alpha value is -2.21. The van der Waals surface area contributed by atoms with Crippen LogP contribution in [0, 0.1) is 34.5 Å². The molecule has 0 heterocycles. The van der Waals surface area contributed by atoms with E-state index in [1.165, 1.54) is 6.92 Å². The molecule has 33 heavy (non-hydrogen) atoms. The molecule has 4 rings (SSSR count). The van der Waals surface area contributed by atoms with Gasteiger partial charge in [-0.25, -0.2) is 4.79 Å². The van der Waals surface area contributed by atoms with E-state index in [9.17, 15) is 19.5 Å². The lowest BCUT2D eigenvalue weighted by Gasteiger charge is -2.49. The van der Waals surface area contributed by atoms with Gasteiger partial charge in [0.1, 0.15) is 0 Å². The maximum atomic E-state index is 14.4. The van der Waals surface area contributed by atoms with Crippen molar-refractivity contribution in [3.05, 3.63) is 34.9 Å². The second-order valence-corrected chi connectivity index (χ2v) is 11.2. The molecule has 0 unspecified atom stereocenters. The van der Waals surface area contributed by atoms with Crippen molar-refractivity contribution in [2.45, 2.75) is 79.6 Å². The zero-order valence-corrected chi connectivity index (χ0v) is 20.9. The fraction of sp³-hybridized carbons (Fsp3) is 0.667. The van der Waals surface area contributed by atoms with Gasteiger partial charge in [0.05, 0.1) is 5.41 Å². The minimum Gasteiger partial charge on any atom is -0.455 e. The summed E-state index contributed by atoms with van der Waals surface area (Å²) in [7, 11) is 0. The summed E-state index contributed by atoms with van der Waals surface area (Å²) >= 11 is 0. The van der Waals surface area contributed by atoms with Gasteiger partial charge in [-0.05, 0) is 68.4 Å².